The lowest BCUT2D eigenvalue weighted by atomic mass is 9.34. The van der Waals surface area contributed by atoms with Crippen molar-refractivity contribution in [1.82, 2.24) is 14.6 Å². The summed E-state index contributed by atoms with van der Waals surface area (Å²) in [7, 11) is 0. The summed E-state index contributed by atoms with van der Waals surface area (Å²) in [5.41, 5.74) is 1.98. The van der Waals surface area contributed by atoms with Crippen LogP contribution in [0.4, 0.5) is 13.6 Å². The third-order valence-corrected chi connectivity index (χ3v) is 7.47. The Kier molecular flexibility index (Phi) is 5.40. The molecule has 0 spiro atoms. The Bertz CT molecular complexity index is 918. The number of nitrogens with zero attached hydrogens (tertiary/aromatic N) is 5. The fraction of sp³-hybridized carbons (Fsp3) is 0.438. The van der Waals surface area contributed by atoms with E-state index < -0.39 is 0 Å². The van der Waals surface area contributed by atoms with Crippen molar-refractivity contribution in [1.29, 1.82) is 5.26 Å². The van der Waals surface area contributed by atoms with Crippen molar-refractivity contribution >= 4 is 64.9 Å². The molecule has 0 amide bonds. The molecule has 140 valence electrons. The first kappa shape index (κ1) is 19.1. The number of nitriles is 1. The monoisotopic (exact) mass is 469 g/mol. The van der Waals surface area contributed by atoms with E-state index in [-0.39, 0.29) is 43.1 Å². The van der Waals surface area contributed by atoms with Gasteiger partial charge in [-0.25, -0.2) is 10.2 Å². The molecule has 2 atom stereocenters. The number of fused-ring (bicyclic) bond motifs is 3. The number of aromatic nitrogens is 3. The van der Waals surface area contributed by atoms with Gasteiger partial charge in [-0.3, -0.25) is 0 Å². The number of anilines is 1. The molecular formula is C16H15BBrF2N5S2. The fourth-order valence-corrected chi connectivity index (χ4v) is 6.15. The molecule has 2 aromatic heterocycles. The van der Waals surface area contributed by atoms with Crippen LogP contribution in [0.5, 0.6) is 0 Å². The van der Waals surface area contributed by atoms with E-state index in [1.54, 1.807) is 12.3 Å². The van der Waals surface area contributed by atoms with Gasteiger partial charge in [-0.05, 0) is 40.4 Å². The van der Waals surface area contributed by atoms with Crippen LogP contribution in [0.1, 0.15) is 42.9 Å². The SMILES string of the molecule is C=Cc1cnn2c(N(SF)SF)c(Br)c(C3CC4CCC(C3)B4C#N)nc12. The second kappa shape index (κ2) is 7.64. The van der Waals surface area contributed by atoms with Gasteiger partial charge in [-0.15, -0.1) is 7.77 Å². The van der Waals surface area contributed by atoms with Crippen LogP contribution >= 0.6 is 40.6 Å². The molecule has 2 unspecified atom stereocenters. The van der Waals surface area contributed by atoms with E-state index in [1.807, 2.05) is 0 Å². The van der Waals surface area contributed by atoms with Crippen molar-refractivity contribution < 1.29 is 7.77 Å². The minimum Gasteiger partial charge on any atom is -0.231 e. The predicted octanol–water partition coefficient (Wildman–Crippen LogP) is 5.98. The highest BCUT2D eigenvalue weighted by Gasteiger charge is 2.47. The minimum absolute atomic E-state index is 0.112. The molecule has 2 aliphatic heterocycles. The van der Waals surface area contributed by atoms with Crippen LogP contribution in [0.3, 0.4) is 0 Å². The van der Waals surface area contributed by atoms with Gasteiger partial charge in [0.05, 0.1) is 16.4 Å². The lowest BCUT2D eigenvalue weighted by Crippen LogP contribution is -2.27. The summed E-state index contributed by atoms with van der Waals surface area (Å²) in [6.07, 6.45) is 7.04. The first-order chi connectivity index (χ1) is 13.1. The van der Waals surface area contributed by atoms with Crippen LogP contribution < -0.4 is 3.71 Å². The van der Waals surface area contributed by atoms with Gasteiger partial charge in [0.15, 0.2) is 36.1 Å². The molecule has 0 radical (unpaired) electrons. The molecule has 4 heterocycles. The Morgan fingerprint density at radius 1 is 1.37 bits per heavy atom. The van der Waals surface area contributed by atoms with Crippen LogP contribution in [0, 0.1) is 11.2 Å². The first-order valence-electron chi connectivity index (χ1n) is 8.59. The number of rotatable bonds is 5. The maximum atomic E-state index is 13.4. The molecule has 2 bridgehead atoms. The van der Waals surface area contributed by atoms with Crippen molar-refractivity contribution in [3.8, 4) is 5.97 Å². The van der Waals surface area contributed by atoms with Gasteiger partial charge in [0.2, 0.25) is 0 Å². The molecule has 0 saturated carbocycles. The lowest BCUT2D eigenvalue weighted by Gasteiger charge is -2.30. The highest BCUT2D eigenvalue weighted by molar-refractivity contribution is 9.10. The molecule has 5 nitrogen and oxygen atoms in total. The van der Waals surface area contributed by atoms with Crippen molar-refractivity contribution in [3.05, 3.63) is 28.5 Å². The molecule has 2 aliphatic rings. The molecule has 11 heteroatoms. The van der Waals surface area contributed by atoms with Crippen molar-refractivity contribution in [2.75, 3.05) is 3.71 Å². The summed E-state index contributed by atoms with van der Waals surface area (Å²) in [4.78, 5) is 4.80. The first-order valence-corrected chi connectivity index (χ1v) is 10.7. The molecule has 2 aromatic rings. The van der Waals surface area contributed by atoms with E-state index in [0.29, 0.717) is 27.3 Å². The van der Waals surface area contributed by atoms with E-state index in [0.717, 1.165) is 35.1 Å². The molecule has 0 aliphatic carbocycles. The Morgan fingerprint density at radius 2 is 2.04 bits per heavy atom. The average Bonchev–Trinajstić information content (AvgIpc) is 3.20. The zero-order chi connectivity index (χ0) is 19.1. The lowest BCUT2D eigenvalue weighted by molar-refractivity contribution is 0.537. The quantitative estimate of drug-likeness (QED) is 0.396. The Morgan fingerprint density at radius 3 is 2.59 bits per heavy atom. The molecule has 0 N–H and O–H groups in total. The van der Waals surface area contributed by atoms with E-state index in [1.165, 1.54) is 4.52 Å². The van der Waals surface area contributed by atoms with Gasteiger partial charge < -0.3 is 0 Å². The van der Waals surface area contributed by atoms with E-state index in [9.17, 15) is 13.0 Å². The van der Waals surface area contributed by atoms with Gasteiger partial charge in [0.1, 0.15) is 0 Å². The van der Waals surface area contributed by atoms with Crippen molar-refractivity contribution in [3.63, 3.8) is 0 Å². The molecule has 4 rings (SSSR count). The molecule has 2 fully saturated rings. The smallest absolute Gasteiger partial charge is 0.231 e. The summed E-state index contributed by atoms with van der Waals surface area (Å²) in [5.74, 6) is 3.57. The van der Waals surface area contributed by atoms with Crippen LogP contribution in [-0.2, 0) is 0 Å². The fourth-order valence-electron chi connectivity index (χ4n) is 4.60. The van der Waals surface area contributed by atoms with Gasteiger partial charge in [-0.1, -0.05) is 25.5 Å². The van der Waals surface area contributed by atoms with E-state index in [2.05, 4.69) is 33.6 Å². The van der Waals surface area contributed by atoms with Gasteiger partial charge in [-0.2, -0.15) is 13.3 Å². The highest BCUT2D eigenvalue weighted by Crippen LogP contribution is 2.55. The maximum Gasteiger partial charge on any atom is 0.274 e. The predicted molar refractivity (Wildman–Crippen MR) is 111 cm³/mol. The van der Waals surface area contributed by atoms with Gasteiger partial charge >= 0.3 is 0 Å². The summed E-state index contributed by atoms with van der Waals surface area (Å²) < 4.78 is 29.5. The van der Waals surface area contributed by atoms with Crippen LogP contribution in [0.15, 0.2) is 17.2 Å². The van der Waals surface area contributed by atoms with Gasteiger partial charge in [0, 0.05) is 17.4 Å². The van der Waals surface area contributed by atoms with E-state index >= 15 is 0 Å². The van der Waals surface area contributed by atoms with Gasteiger partial charge in [0.25, 0.3) is 6.71 Å². The van der Waals surface area contributed by atoms with Crippen molar-refractivity contribution in [2.45, 2.75) is 43.2 Å². The third-order valence-electron chi connectivity index (χ3n) is 5.77. The molecule has 2 saturated heterocycles. The summed E-state index contributed by atoms with van der Waals surface area (Å²) in [6, 6.07) is 0. The van der Waals surface area contributed by atoms with E-state index in [4.69, 9.17) is 4.98 Å². The zero-order valence-corrected chi connectivity index (χ0v) is 17.4. The second-order valence-corrected chi connectivity index (χ2v) is 9.02. The third kappa shape index (κ3) is 3.06. The highest BCUT2D eigenvalue weighted by atomic mass is 79.9. The summed E-state index contributed by atoms with van der Waals surface area (Å²) in [5, 5.41) is 13.7. The standard InChI is InChI=1S/C16H15BBrF2N5S2/c1-2-9-7-22-24-15(9)23-14(13(18)16(24)25(26-19)27-20)10-5-11-3-4-12(6-10)17(11)8-21/h2,7,10-12H,1,3-6H2. The average molecular weight is 470 g/mol. The summed E-state index contributed by atoms with van der Waals surface area (Å²) >= 11 is 3.08. The largest absolute Gasteiger partial charge is 0.274 e. The van der Waals surface area contributed by atoms with Crippen LogP contribution in [-0.4, -0.2) is 21.3 Å². The Labute approximate surface area is 173 Å². The Balaban J connectivity index is 1.85. The summed E-state index contributed by atoms with van der Waals surface area (Å²) in [6.45, 7) is 3.89. The normalized spacial score (nSPS) is 24.2. The van der Waals surface area contributed by atoms with Crippen LogP contribution in [0.2, 0.25) is 11.6 Å². The van der Waals surface area contributed by atoms with Crippen molar-refractivity contribution in [2.24, 2.45) is 0 Å². The second-order valence-electron chi connectivity index (χ2n) is 6.99. The number of halogens is 3. The number of hydrogen-bond acceptors (Lipinski definition) is 6. The minimum atomic E-state index is -0.225. The molecule has 27 heavy (non-hydrogen) atoms. The molecule has 0 aromatic carbocycles. The number of hydrogen-bond donors (Lipinski definition) is 0. The Hall–Kier alpha value is -1.25. The topological polar surface area (TPSA) is 57.2 Å². The zero-order valence-electron chi connectivity index (χ0n) is 14.2. The van der Waals surface area contributed by atoms with Crippen LogP contribution in [0.25, 0.3) is 11.7 Å². The molecular weight excluding hydrogens is 455 g/mol. The maximum absolute atomic E-state index is 13.4.